The van der Waals surface area contributed by atoms with Gasteiger partial charge in [-0.15, -0.1) is 0 Å². The average Bonchev–Trinajstić information content (AvgIpc) is 2.45. The summed E-state index contributed by atoms with van der Waals surface area (Å²) in [5.74, 6) is 0.355. The summed E-state index contributed by atoms with van der Waals surface area (Å²) in [4.78, 5) is 11.8. The molecule has 0 aromatic heterocycles. The van der Waals surface area contributed by atoms with E-state index in [4.69, 9.17) is 10.1 Å². The molecule has 1 N–H and O–H groups in total. The molecule has 2 aromatic rings. The van der Waals surface area contributed by atoms with Crippen LogP contribution in [0.5, 0.6) is 5.75 Å². The quantitative estimate of drug-likeness (QED) is 0.816. The minimum Gasteiger partial charge on any atom is -0.477 e. The number of Topliss-reactive ketones (excluding diaryl/α,β-unsaturated/α-hetero) is 1. The van der Waals surface area contributed by atoms with E-state index in [1.54, 1.807) is 0 Å². The van der Waals surface area contributed by atoms with Gasteiger partial charge in [-0.05, 0) is 11.6 Å². The Hall–Kier alpha value is -2.42. The van der Waals surface area contributed by atoms with Crippen molar-refractivity contribution in [2.24, 2.45) is 0 Å². The van der Waals surface area contributed by atoms with Crippen LogP contribution in [0.15, 0.2) is 48.5 Å². The van der Waals surface area contributed by atoms with Gasteiger partial charge in [0.15, 0.2) is 6.10 Å². The third-order valence-electron chi connectivity index (χ3n) is 3.07. The van der Waals surface area contributed by atoms with Gasteiger partial charge in [-0.25, -0.2) is 0 Å². The Morgan fingerprint density at radius 3 is 2.50 bits per heavy atom. The van der Waals surface area contributed by atoms with Crippen molar-refractivity contribution in [3.8, 4) is 16.9 Å². The van der Waals surface area contributed by atoms with Crippen molar-refractivity contribution < 1.29 is 9.53 Å². The van der Waals surface area contributed by atoms with Crippen molar-refractivity contribution in [3.05, 3.63) is 54.1 Å². The van der Waals surface area contributed by atoms with E-state index in [-0.39, 0.29) is 5.78 Å². The van der Waals surface area contributed by atoms with Gasteiger partial charge in [0.25, 0.3) is 0 Å². The second-order valence-corrected chi connectivity index (χ2v) is 4.13. The molecule has 3 heteroatoms. The molecule has 1 heterocycles. The van der Waals surface area contributed by atoms with E-state index in [0.717, 1.165) is 22.9 Å². The molecule has 18 heavy (non-hydrogen) atoms. The highest BCUT2D eigenvalue weighted by molar-refractivity contribution is 6.28. The molecule has 1 aliphatic heterocycles. The molecule has 1 atom stereocenters. The predicted molar refractivity (Wildman–Crippen MR) is 69.0 cm³/mol. The van der Waals surface area contributed by atoms with Gasteiger partial charge in [-0.1, -0.05) is 42.5 Å². The van der Waals surface area contributed by atoms with Crippen LogP contribution in [0.2, 0.25) is 0 Å². The highest BCUT2D eigenvalue weighted by Gasteiger charge is 2.29. The van der Waals surface area contributed by atoms with Crippen molar-refractivity contribution in [1.29, 1.82) is 5.41 Å². The number of rotatable bonds is 2. The summed E-state index contributed by atoms with van der Waals surface area (Å²) in [7, 11) is 0. The van der Waals surface area contributed by atoms with Gasteiger partial charge in [0.05, 0.1) is 6.21 Å². The van der Waals surface area contributed by atoms with E-state index < -0.39 is 6.10 Å². The molecule has 0 spiro atoms. The lowest BCUT2D eigenvalue weighted by atomic mass is 9.91. The SMILES string of the molecule is N=CC(=O)C1Oc2ccccc2-c2ccccc21. The zero-order valence-electron chi connectivity index (χ0n) is 9.59. The van der Waals surface area contributed by atoms with Crippen molar-refractivity contribution in [3.63, 3.8) is 0 Å². The number of para-hydroxylation sites is 1. The molecule has 1 unspecified atom stereocenters. The fourth-order valence-electron chi connectivity index (χ4n) is 2.24. The molecule has 0 amide bonds. The van der Waals surface area contributed by atoms with Gasteiger partial charge in [-0.3, -0.25) is 4.79 Å². The topological polar surface area (TPSA) is 50.2 Å². The number of ketones is 1. The summed E-state index contributed by atoms with van der Waals surface area (Å²) in [6.45, 7) is 0. The average molecular weight is 237 g/mol. The minimum atomic E-state index is -0.700. The maximum absolute atomic E-state index is 11.8. The van der Waals surface area contributed by atoms with E-state index in [0.29, 0.717) is 5.75 Å². The first-order valence-corrected chi connectivity index (χ1v) is 5.70. The zero-order chi connectivity index (χ0) is 12.5. The lowest BCUT2D eigenvalue weighted by Crippen LogP contribution is -2.23. The molecule has 2 aromatic carbocycles. The van der Waals surface area contributed by atoms with Crippen LogP contribution in [-0.4, -0.2) is 12.0 Å². The van der Waals surface area contributed by atoms with Crippen LogP contribution in [0, 0.1) is 5.41 Å². The van der Waals surface area contributed by atoms with E-state index in [9.17, 15) is 4.79 Å². The Balaban J connectivity index is 2.23. The molecule has 0 aliphatic carbocycles. The monoisotopic (exact) mass is 237 g/mol. The number of carbonyl (C=O) groups excluding carboxylic acids is 1. The summed E-state index contributed by atoms with van der Waals surface area (Å²) < 4.78 is 5.71. The zero-order valence-corrected chi connectivity index (χ0v) is 9.59. The molecule has 0 saturated carbocycles. The van der Waals surface area contributed by atoms with E-state index in [1.807, 2.05) is 48.5 Å². The number of benzene rings is 2. The Labute approximate surface area is 105 Å². The maximum atomic E-state index is 11.8. The van der Waals surface area contributed by atoms with Crippen LogP contribution < -0.4 is 4.74 Å². The molecule has 0 radical (unpaired) electrons. The first-order chi connectivity index (χ1) is 8.81. The van der Waals surface area contributed by atoms with E-state index in [1.165, 1.54) is 0 Å². The van der Waals surface area contributed by atoms with Gasteiger partial charge in [0, 0.05) is 11.1 Å². The summed E-state index contributed by atoms with van der Waals surface area (Å²) >= 11 is 0. The van der Waals surface area contributed by atoms with E-state index >= 15 is 0 Å². The van der Waals surface area contributed by atoms with Gasteiger partial charge >= 0.3 is 0 Å². The fraction of sp³-hybridized carbons (Fsp3) is 0.0667. The van der Waals surface area contributed by atoms with Crippen molar-refractivity contribution >= 4 is 12.0 Å². The van der Waals surface area contributed by atoms with Crippen molar-refractivity contribution in [1.82, 2.24) is 0 Å². The van der Waals surface area contributed by atoms with Gasteiger partial charge < -0.3 is 10.1 Å². The van der Waals surface area contributed by atoms with Crippen LogP contribution in [-0.2, 0) is 4.79 Å². The number of carbonyl (C=O) groups is 1. The van der Waals surface area contributed by atoms with Crippen LogP contribution in [0.3, 0.4) is 0 Å². The normalized spacial score (nSPS) is 16.1. The number of fused-ring (bicyclic) bond motifs is 3. The standard InChI is InChI=1S/C15H11NO2/c16-9-13(17)15-12-7-2-1-5-10(12)11-6-3-4-8-14(11)18-15/h1-9,15-16H. The predicted octanol–water partition coefficient (Wildman–Crippen LogP) is 3.01. The molecule has 0 bridgehead atoms. The highest BCUT2D eigenvalue weighted by Crippen LogP contribution is 2.41. The molecule has 0 fully saturated rings. The number of hydrogen-bond donors (Lipinski definition) is 1. The molecular weight excluding hydrogens is 226 g/mol. The fourth-order valence-corrected chi connectivity index (χ4v) is 2.24. The molecule has 3 nitrogen and oxygen atoms in total. The summed E-state index contributed by atoms with van der Waals surface area (Å²) in [5, 5.41) is 7.12. The highest BCUT2D eigenvalue weighted by atomic mass is 16.5. The van der Waals surface area contributed by atoms with E-state index in [2.05, 4.69) is 0 Å². The largest absolute Gasteiger partial charge is 0.477 e. The van der Waals surface area contributed by atoms with Gasteiger partial charge in [-0.2, -0.15) is 0 Å². The number of nitrogens with one attached hydrogen (secondary N) is 1. The molecule has 0 saturated heterocycles. The summed E-state index contributed by atoms with van der Waals surface area (Å²) in [6.07, 6.45) is 0.114. The first-order valence-electron chi connectivity index (χ1n) is 5.70. The van der Waals surface area contributed by atoms with Crippen LogP contribution >= 0.6 is 0 Å². The maximum Gasteiger partial charge on any atom is 0.218 e. The van der Waals surface area contributed by atoms with Gasteiger partial charge in [0.2, 0.25) is 5.78 Å². The van der Waals surface area contributed by atoms with Crippen molar-refractivity contribution in [2.75, 3.05) is 0 Å². The lowest BCUT2D eigenvalue weighted by molar-refractivity contribution is -0.119. The molecular formula is C15H11NO2. The first kappa shape index (κ1) is 10.7. The molecule has 88 valence electrons. The summed E-state index contributed by atoms with van der Waals surface area (Å²) in [5.41, 5.74) is 2.81. The third kappa shape index (κ3) is 1.52. The van der Waals surface area contributed by atoms with Gasteiger partial charge in [0.1, 0.15) is 5.75 Å². The second-order valence-electron chi connectivity index (χ2n) is 4.13. The van der Waals surface area contributed by atoms with Crippen LogP contribution in [0.1, 0.15) is 11.7 Å². The second kappa shape index (κ2) is 4.11. The van der Waals surface area contributed by atoms with Crippen LogP contribution in [0.25, 0.3) is 11.1 Å². The number of ether oxygens (including phenoxy) is 1. The van der Waals surface area contributed by atoms with Crippen LogP contribution in [0.4, 0.5) is 0 Å². The molecule has 3 rings (SSSR count). The smallest absolute Gasteiger partial charge is 0.218 e. The minimum absolute atomic E-state index is 0.336. The molecule has 1 aliphatic rings. The Kier molecular flexibility index (Phi) is 2.45. The van der Waals surface area contributed by atoms with Crippen molar-refractivity contribution in [2.45, 2.75) is 6.10 Å². The Bertz CT molecular complexity index is 634. The Morgan fingerprint density at radius 1 is 1.06 bits per heavy atom. The summed E-state index contributed by atoms with van der Waals surface area (Å²) in [6, 6.07) is 15.3. The lowest BCUT2D eigenvalue weighted by Gasteiger charge is -2.26. The third-order valence-corrected chi connectivity index (χ3v) is 3.07. The Morgan fingerprint density at radius 2 is 1.72 bits per heavy atom. The number of hydrogen-bond acceptors (Lipinski definition) is 3.